The highest BCUT2D eigenvalue weighted by atomic mass is 19.1. The highest BCUT2D eigenvalue weighted by Gasteiger charge is 2.14. The normalized spacial score (nSPS) is 10.7. The zero-order valence-electron chi connectivity index (χ0n) is 16.6. The molecule has 0 aliphatic heterocycles. The van der Waals surface area contributed by atoms with Gasteiger partial charge in [-0.2, -0.15) is 5.10 Å². The minimum absolute atomic E-state index is 0.400. The summed E-state index contributed by atoms with van der Waals surface area (Å²) in [6.45, 7) is 1.69. The number of hydrogen-bond acceptors (Lipinski definition) is 4. The van der Waals surface area contributed by atoms with E-state index in [1.165, 1.54) is 12.1 Å². The van der Waals surface area contributed by atoms with Crippen molar-refractivity contribution in [3.05, 3.63) is 77.3 Å². The number of halogens is 1. The van der Waals surface area contributed by atoms with E-state index in [1.54, 1.807) is 24.0 Å². The van der Waals surface area contributed by atoms with Crippen LogP contribution in [-0.2, 0) is 7.05 Å². The Morgan fingerprint density at radius 1 is 1.27 bits per heavy atom. The van der Waals surface area contributed by atoms with Crippen molar-refractivity contribution < 1.29 is 14.3 Å². The van der Waals surface area contributed by atoms with E-state index in [4.69, 9.17) is 5.11 Å². The molecule has 0 fully saturated rings. The number of pyridine rings is 1. The quantitative estimate of drug-likeness (QED) is 0.531. The average Bonchev–Trinajstić information content (AvgIpc) is 3.32. The van der Waals surface area contributed by atoms with Crippen LogP contribution in [0.2, 0.25) is 0 Å². The number of nitrogens with zero attached hydrogens (tertiary/aromatic N) is 5. The maximum atomic E-state index is 13.8. The number of carboxylic acids is 1. The molecule has 0 saturated carbocycles. The summed E-state index contributed by atoms with van der Waals surface area (Å²) < 4.78 is 17.4. The Bertz CT molecular complexity index is 1340. The molecule has 8 heteroatoms. The molecule has 0 saturated heterocycles. The van der Waals surface area contributed by atoms with Crippen molar-refractivity contribution in [2.24, 2.45) is 7.05 Å². The fourth-order valence-electron chi connectivity index (χ4n) is 3.17. The highest BCUT2D eigenvalue weighted by molar-refractivity contribution is 5.88. The van der Waals surface area contributed by atoms with Gasteiger partial charge in [-0.05, 0) is 42.7 Å². The first-order chi connectivity index (χ1) is 14.3. The molecule has 0 aliphatic rings. The van der Waals surface area contributed by atoms with Gasteiger partial charge in [-0.1, -0.05) is 5.92 Å². The van der Waals surface area contributed by atoms with Gasteiger partial charge in [0.05, 0.1) is 29.3 Å². The van der Waals surface area contributed by atoms with Gasteiger partial charge in [-0.15, -0.1) is 0 Å². The summed E-state index contributed by atoms with van der Waals surface area (Å²) in [5.41, 5.74) is 3.77. The molecular weight excluding hydrogens is 385 g/mol. The third kappa shape index (κ3) is 3.37. The Balaban J connectivity index is 1.75. The first-order valence-electron chi connectivity index (χ1n) is 9.09. The van der Waals surface area contributed by atoms with Crippen LogP contribution < -0.4 is 4.90 Å². The summed E-state index contributed by atoms with van der Waals surface area (Å²) in [6, 6.07) is 6.29. The van der Waals surface area contributed by atoms with E-state index < -0.39 is 17.3 Å². The van der Waals surface area contributed by atoms with E-state index in [0.29, 0.717) is 16.8 Å². The van der Waals surface area contributed by atoms with Crippen molar-refractivity contribution in [2.45, 2.75) is 6.92 Å². The molecule has 4 rings (SSSR count). The Morgan fingerprint density at radius 2 is 2.07 bits per heavy atom. The number of rotatable bonds is 3. The van der Waals surface area contributed by atoms with Crippen LogP contribution in [0.5, 0.6) is 0 Å². The lowest BCUT2D eigenvalue weighted by atomic mass is 10.0. The third-order valence-electron chi connectivity index (χ3n) is 4.82. The van der Waals surface area contributed by atoms with Crippen molar-refractivity contribution in [2.75, 3.05) is 11.9 Å². The summed E-state index contributed by atoms with van der Waals surface area (Å²) in [4.78, 5) is 17.7. The number of aromatic nitrogens is 4. The second-order valence-electron chi connectivity index (χ2n) is 6.86. The minimum atomic E-state index is -1.33. The SMILES string of the molecule is Cc1cc(F)c(C(=O)O)cc1C#Cc1cnc2c(N(C)c3cnn(C)c3)cccn12. The van der Waals surface area contributed by atoms with E-state index >= 15 is 0 Å². The first kappa shape index (κ1) is 19.2. The first-order valence-corrected chi connectivity index (χ1v) is 9.09. The maximum absolute atomic E-state index is 13.8. The molecule has 1 N–H and O–H groups in total. The number of imidazole rings is 1. The van der Waals surface area contributed by atoms with Gasteiger partial charge in [-0.25, -0.2) is 14.2 Å². The number of hydrogen-bond donors (Lipinski definition) is 1. The maximum Gasteiger partial charge on any atom is 0.338 e. The number of benzene rings is 1. The van der Waals surface area contributed by atoms with Crippen LogP contribution in [0.4, 0.5) is 15.8 Å². The fourth-order valence-corrected chi connectivity index (χ4v) is 3.17. The van der Waals surface area contributed by atoms with Crippen LogP contribution in [-0.4, -0.2) is 37.3 Å². The van der Waals surface area contributed by atoms with E-state index in [2.05, 4.69) is 21.9 Å². The number of fused-ring (bicyclic) bond motifs is 1. The van der Waals surface area contributed by atoms with Crippen LogP contribution in [0.3, 0.4) is 0 Å². The van der Waals surface area contributed by atoms with Crippen molar-refractivity contribution in [1.82, 2.24) is 19.2 Å². The molecule has 0 radical (unpaired) electrons. The second kappa shape index (κ2) is 7.37. The van der Waals surface area contributed by atoms with Gasteiger partial charge in [0.25, 0.3) is 0 Å². The number of carboxylic acid groups (broad SMARTS) is 1. The molecule has 1 aromatic carbocycles. The van der Waals surface area contributed by atoms with Gasteiger partial charge in [-0.3, -0.25) is 9.08 Å². The van der Waals surface area contributed by atoms with Crippen molar-refractivity contribution in [3.63, 3.8) is 0 Å². The molecule has 0 amide bonds. The van der Waals surface area contributed by atoms with Crippen molar-refractivity contribution in [3.8, 4) is 11.8 Å². The van der Waals surface area contributed by atoms with Crippen LogP contribution in [0.15, 0.2) is 49.1 Å². The second-order valence-corrected chi connectivity index (χ2v) is 6.86. The molecule has 0 bridgehead atoms. The zero-order chi connectivity index (χ0) is 21.4. The van der Waals surface area contributed by atoms with Crippen molar-refractivity contribution >= 4 is 23.0 Å². The molecule has 4 aromatic rings. The fraction of sp³-hybridized carbons (Fsp3) is 0.136. The molecule has 0 spiro atoms. The van der Waals surface area contributed by atoms with Crippen LogP contribution in [0.25, 0.3) is 5.65 Å². The molecule has 7 nitrogen and oxygen atoms in total. The Hall–Kier alpha value is -4.12. The Kier molecular flexibility index (Phi) is 4.72. The topological polar surface area (TPSA) is 75.7 Å². The summed E-state index contributed by atoms with van der Waals surface area (Å²) >= 11 is 0. The van der Waals surface area contributed by atoms with Crippen LogP contribution >= 0.6 is 0 Å². The summed E-state index contributed by atoms with van der Waals surface area (Å²) in [6.07, 6.45) is 7.18. The number of aromatic carboxylic acids is 1. The van der Waals surface area contributed by atoms with Gasteiger partial charge in [0.2, 0.25) is 0 Å². The predicted octanol–water partition coefficient (Wildman–Crippen LogP) is 3.38. The molecule has 3 aromatic heterocycles. The van der Waals surface area contributed by atoms with E-state index in [0.717, 1.165) is 17.0 Å². The molecule has 150 valence electrons. The lowest BCUT2D eigenvalue weighted by Gasteiger charge is -2.17. The number of carbonyl (C=O) groups is 1. The Morgan fingerprint density at radius 3 is 2.77 bits per heavy atom. The van der Waals surface area contributed by atoms with Gasteiger partial charge >= 0.3 is 5.97 Å². The summed E-state index contributed by atoms with van der Waals surface area (Å²) in [5.74, 6) is 3.87. The minimum Gasteiger partial charge on any atom is -0.478 e. The van der Waals surface area contributed by atoms with Gasteiger partial charge in [0.15, 0.2) is 5.65 Å². The summed E-state index contributed by atoms with van der Waals surface area (Å²) in [5, 5.41) is 13.3. The number of aryl methyl sites for hydroxylation is 2. The highest BCUT2D eigenvalue weighted by Crippen LogP contribution is 2.27. The molecule has 0 atom stereocenters. The molecular formula is C22H18FN5O2. The standard InChI is InChI=1S/C22H18FN5O2/c1-14-9-19(23)18(22(29)30)10-15(14)6-7-16-11-24-21-20(5-4-8-28(16)21)27(3)17-12-25-26(2)13-17/h4-5,8-13H,1-3H3,(H,29,30). The molecule has 0 unspecified atom stereocenters. The van der Waals surface area contributed by atoms with E-state index in [-0.39, 0.29) is 0 Å². The molecule has 3 heterocycles. The van der Waals surface area contributed by atoms with Crippen LogP contribution in [0, 0.1) is 24.6 Å². The zero-order valence-corrected chi connectivity index (χ0v) is 16.6. The number of anilines is 2. The van der Waals surface area contributed by atoms with E-state index in [1.807, 2.05) is 47.9 Å². The predicted molar refractivity (Wildman–Crippen MR) is 111 cm³/mol. The van der Waals surface area contributed by atoms with Crippen LogP contribution in [0.1, 0.15) is 27.2 Å². The molecule has 0 aliphatic carbocycles. The smallest absolute Gasteiger partial charge is 0.338 e. The lowest BCUT2D eigenvalue weighted by Crippen LogP contribution is -2.10. The third-order valence-corrected chi connectivity index (χ3v) is 4.82. The molecule has 30 heavy (non-hydrogen) atoms. The monoisotopic (exact) mass is 403 g/mol. The average molecular weight is 403 g/mol. The summed E-state index contributed by atoms with van der Waals surface area (Å²) in [7, 11) is 3.79. The van der Waals surface area contributed by atoms with E-state index in [9.17, 15) is 9.18 Å². The van der Waals surface area contributed by atoms with Gasteiger partial charge in [0, 0.05) is 32.1 Å². The van der Waals surface area contributed by atoms with Gasteiger partial charge < -0.3 is 10.0 Å². The largest absolute Gasteiger partial charge is 0.478 e. The lowest BCUT2D eigenvalue weighted by molar-refractivity contribution is 0.0692. The van der Waals surface area contributed by atoms with Gasteiger partial charge in [0.1, 0.15) is 11.5 Å². The van der Waals surface area contributed by atoms with Crippen molar-refractivity contribution in [1.29, 1.82) is 0 Å². The Labute approximate surface area is 172 Å².